The molecule has 0 unspecified atom stereocenters. The molecule has 0 fully saturated rings. The minimum absolute atomic E-state index is 0.0915. The Bertz CT molecular complexity index is 593. The van der Waals surface area contributed by atoms with E-state index in [9.17, 15) is 13.2 Å². The van der Waals surface area contributed by atoms with Crippen LogP contribution in [0.5, 0.6) is 5.75 Å². The minimum atomic E-state index is -4.46. The summed E-state index contributed by atoms with van der Waals surface area (Å²) in [7, 11) is 0. The number of ether oxygens (including phenoxy) is 1. The molecular weight excluding hydrogens is 307 g/mol. The van der Waals surface area contributed by atoms with E-state index in [1.165, 1.54) is 0 Å². The molecule has 0 aromatic carbocycles. The Labute approximate surface area is 123 Å². The van der Waals surface area contributed by atoms with E-state index in [1.807, 2.05) is 0 Å². The van der Waals surface area contributed by atoms with Crippen molar-refractivity contribution in [3.63, 3.8) is 0 Å². The van der Waals surface area contributed by atoms with Crippen molar-refractivity contribution >= 4 is 17.4 Å². The summed E-state index contributed by atoms with van der Waals surface area (Å²) in [6, 6.07) is 4.31. The Kier molecular flexibility index (Phi) is 4.85. The van der Waals surface area contributed by atoms with Gasteiger partial charge in [0.05, 0.1) is 23.3 Å². The van der Waals surface area contributed by atoms with E-state index in [1.54, 1.807) is 24.5 Å². The molecule has 0 atom stereocenters. The van der Waals surface area contributed by atoms with Crippen molar-refractivity contribution in [3.05, 3.63) is 47.4 Å². The van der Waals surface area contributed by atoms with E-state index in [-0.39, 0.29) is 10.8 Å². The van der Waals surface area contributed by atoms with Gasteiger partial charge < -0.3 is 10.1 Å². The predicted octanol–water partition coefficient (Wildman–Crippen LogP) is 3.64. The number of nitrogens with zero attached hydrogens (tertiary/aromatic N) is 2. The molecule has 112 valence electrons. The van der Waals surface area contributed by atoms with Gasteiger partial charge in [0.15, 0.2) is 0 Å². The summed E-state index contributed by atoms with van der Waals surface area (Å²) in [5.74, 6) is 0.783. The van der Waals surface area contributed by atoms with E-state index in [0.29, 0.717) is 18.9 Å². The van der Waals surface area contributed by atoms with Gasteiger partial charge in [0.25, 0.3) is 0 Å². The maximum Gasteiger partial charge on any atom is 0.417 e. The number of pyridine rings is 2. The maximum atomic E-state index is 12.4. The maximum absolute atomic E-state index is 12.4. The van der Waals surface area contributed by atoms with Crippen molar-refractivity contribution < 1.29 is 17.9 Å². The average Bonchev–Trinajstić information content (AvgIpc) is 2.45. The monoisotopic (exact) mass is 317 g/mol. The van der Waals surface area contributed by atoms with Crippen LogP contribution in [0.2, 0.25) is 5.02 Å². The molecule has 0 aliphatic rings. The lowest BCUT2D eigenvalue weighted by atomic mass is 10.3. The van der Waals surface area contributed by atoms with Crippen molar-refractivity contribution in [2.75, 3.05) is 18.5 Å². The summed E-state index contributed by atoms with van der Waals surface area (Å²) < 4.78 is 42.7. The van der Waals surface area contributed by atoms with Gasteiger partial charge in [0.1, 0.15) is 18.2 Å². The van der Waals surface area contributed by atoms with Crippen LogP contribution in [0, 0.1) is 0 Å². The highest BCUT2D eigenvalue weighted by molar-refractivity contribution is 6.32. The summed E-state index contributed by atoms with van der Waals surface area (Å²) in [6.07, 6.45) is -0.546. The second kappa shape index (κ2) is 6.62. The van der Waals surface area contributed by atoms with Crippen molar-refractivity contribution in [1.29, 1.82) is 0 Å². The van der Waals surface area contributed by atoms with E-state index < -0.39 is 11.7 Å². The molecule has 0 aliphatic carbocycles. The van der Waals surface area contributed by atoms with Crippen molar-refractivity contribution in [3.8, 4) is 5.75 Å². The summed E-state index contributed by atoms with van der Waals surface area (Å²) in [5.41, 5.74) is -0.885. The lowest BCUT2D eigenvalue weighted by Crippen LogP contribution is -2.13. The topological polar surface area (TPSA) is 47.0 Å². The van der Waals surface area contributed by atoms with Crippen LogP contribution in [0.4, 0.5) is 19.0 Å². The molecule has 21 heavy (non-hydrogen) atoms. The van der Waals surface area contributed by atoms with Crippen LogP contribution < -0.4 is 10.1 Å². The molecule has 1 N–H and O–H groups in total. The number of anilines is 1. The molecule has 2 aromatic heterocycles. The van der Waals surface area contributed by atoms with Crippen molar-refractivity contribution in [2.45, 2.75) is 6.18 Å². The largest absolute Gasteiger partial charge is 0.490 e. The normalized spacial score (nSPS) is 11.2. The average molecular weight is 318 g/mol. The number of rotatable bonds is 5. The van der Waals surface area contributed by atoms with E-state index in [2.05, 4.69) is 15.3 Å². The first kappa shape index (κ1) is 15.4. The van der Waals surface area contributed by atoms with Gasteiger partial charge in [-0.05, 0) is 18.2 Å². The molecule has 0 radical (unpaired) electrons. The Morgan fingerprint density at radius 3 is 2.71 bits per heavy atom. The zero-order valence-electron chi connectivity index (χ0n) is 10.7. The van der Waals surface area contributed by atoms with Gasteiger partial charge in [-0.3, -0.25) is 4.98 Å². The highest BCUT2D eigenvalue weighted by Gasteiger charge is 2.31. The highest BCUT2D eigenvalue weighted by atomic mass is 35.5. The Morgan fingerprint density at radius 2 is 2.10 bits per heavy atom. The third-order valence-corrected chi connectivity index (χ3v) is 2.75. The molecule has 0 saturated heterocycles. The van der Waals surface area contributed by atoms with E-state index in [4.69, 9.17) is 16.3 Å². The zero-order valence-corrected chi connectivity index (χ0v) is 11.4. The van der Waals surface area contributed by atoms with Crippen LogP contribution in [0.3, 0.4) is 0 Å². The molecular formula is C13H11ClF3N3O. The van der Waals surface area contributed by atoms with Crippen molar-refractivity contribution in [2.24, 2.45) is 0 Å². The van der Waals surface area contributed by atoms with Gasteiger partial charge >= 0.3 is 6.18 Å². The first-order chi connectivity index (χ1) is 9.97. The van der Waals surface area contributed by atoms with Gasteiger partial charge in [-0.25, -0.2) is 4.98 Å². The van der Waals surface area contributed by atoms with Gasteiger partial charge in [-0.2, -0.15) is 13.2 Å². The van der Waals surface area contributed by atoms with Crippen LogP contribution in [0.1, 0.15) is 5.56 Å². The van der Waals surface area contributed by atoms with Crippen LogP contribution in [-0.4, -0.2) is 23.1 Å². The molecule has 2 aromatic rings. The molecule has 2 rings (SSSR count). The second-order valence-electron chi connectivity index (χ2n) is 4.02. The lowest BCUT2D eigenvalue weighted by molar-refractivity contribution is -0.137. The fourth-order valence-corrected chi connectivity index (χ4v) is 1.73. The lowest BCUT2D eigenvalue weighted by Gasteiger charge is -2.11. The standard InChI is InChI=1S/C13H11ClF3N3O/c14-11-6-9(13(15,16)17)7-20-12(11)19-4-5-21-10-2-1-3-18-8-10/h1-3,6-8H,4-5H2,(H,19,20). The van der Waals surface area contributed by atoms with Crippen LogP contribution in [-0.2, 0) is 6.18 Å². The smallest absolute Gasteiger partial charge is 0.417 e. The highest BCUT2D eigenvalue weighted by Crippen LogP contribution is 2.32. The summed E-state index contributed by atoms with van der Waals surface area (Å²) >= 11 is 5.76. The number of halogens is 4. The molecule has 8 heteroatoms. The Balaban J connectivity index is 1.86. The molecule has 0 spiro atoms. The SMILES string of the molecule is FC(F)(F)c1cnc(NCCOc2cccnc2)c(Cl)c1. The number of hydrogen-bond acceptors (Lipinski definition) is 4. The van der Waals surface area contributed by atoms with Gasteiger partial charge in [0.2, 0.25) is 0 Å². The zero-order chi connectivity index (χ0) is 15.3. The van der Waals surface area contributed by atoms with Crippen molar-refractivity contribution in [1.82, 2.24) is 9.97 Å². The third-order valence-electron chi connectivity index (χ3n) is 2.47. The molecule has 4 nitrogen and oxygen atoms in total. The number of aromatic nitrogens is 2. The summed E-state index contributed by atoms with van der Waals surface area (Å²) in [5, 5.41) is 2.71. The van der Waals surface area contributed by atoms with Crippen LogP contribution in [0.15, 0.2) is 36.8 Å². The molecule has 0 saturated carbocycles. The number of nitrogens with one attached hydrogen (secondary N) is 1. The second-order valence-corrected chi connectivity index (χ2v) is 4.42. The summed E-state index contributed by atoms with van der Waals surface area (Å²) in [6.45, 7) is 0.637. The summed E-state index contributed by atoms with van der Waals surface area (Å²) in [4.78, 5) is 7.54. The molecule has 2 heterocycles. The minimum Gasteiger partial charge on any atom is -0.490 e. The first-order valence-corrected chi connectivity index (χ1v) is 6.34. The van der Waals surface area contributed by atoms with E-state index >= 15 is 0 Å². The fourth-order valence-electron chi connectivity index (χ4n) is 1.49. The van der Waals surface area contributed by atoms with Crippen LogP contribution >= 0.6 is 11.6 Å². The number of alkyl halides is 3. The first-order valence-electron chi connectivity index (χ1n) is 5.96. The molecule has 0 amide bonds. The van der Waals surface area contributed by atoms with E-state index in [0.717, 1.165) is 12.3 Å². The van der Waals surface area contributed by atoms with Crippen LogP contribution in [0.25, 0.3) is 0 Å². The van der Waals surface area contributed by atoms with Gasteiger partial charge in [-0.15, -0.1) is 0 Å². The third kappa shape index (κ3) is 4.49. The molecule has 0 aliphatic heterocycles. The fraction of sp³-hybridized carbons (Fsp3) is 0.231. The predicted molar refractivity (Wildman–Crippen MR) is 72.5 cm³/mol. The Hall–Kier alpha value is -2.02. The van der Waals surface area contributed by atoms with Gasteiger partial charge in [-0.1, -0.05) is 11.6 Å². The number of hydrogen-bond donors (Lipinski definition) is 1. The quantitative estimate of drug-likeness (QED) is 0.855. The Morgan fingerprint density at radius 1 is 1.29 bits per heavy atom. The van der Waals surface area contributed by atoms with Gasteiger partial charge in [0, 0.05) is 12.4 Å². The molecule has 0 bridgehead atoms.